The number of hydrogen-bond acceptors (Lipinski definition) is 3. The highest BCUT2D eigenvalue weighted by molar-refractivity contribution is 5.46. The molecule has 3 atom stereocenters. The Labute approximate surface area is 128 Å². The molecule has 3 fully saturated rings. The van der Waals surface area contributed by atoms with Gasteiger partial charge in [-0.1, -0.05) is 24.6 Å². The average molecular weight is 285 g/mol. The van der Waals surface area contributed by atoms with Crippen LogP contribution in [0.25, 0.3) is 0 Å². The summed E-state index contributed by atoms with van der Waals surface area (Å²) in [6, 6.07) is 11.6. The quantitative estimate of drug-likeness (QED) is 0.918. The molecule has 3 heteroatoms. The van der Waals surface area contributed by atoms with Gasteiger partial charge in [0.1, 0.15) is 0 Å². The van der Waals surface area contributed by atoms with Gasteiger partial charge in [-0.2, -0.15) is 0 Å². The fourth-order valence-electron chi connectivity index (χ4n) is 4.61. The number of hydrogen-bond donors (Lipinski definition) is 1. The predicted octanol–water partition coefficient (Wildman–Crippen LogP) is 2.20. The van der Waals surface area contributed by atoms with Crippen molar-refractivity contribution in [2.45, 2.75) is 25.3 Å². The Hall–Kier alpha value is -1.06. The standard InChI is InChI=1S/C18H27N3/c1-2-6-16(7-3-1)21-11-9-20(10-12-21)14-18-17-8-4-5-15(17)13-19-18/h1-3,6-7,15,17-19H,4-5,8-14H2. The Morgan fingerprint density at radius 3 is 2.62 bits per heavy atom. The van der Waals surface area contributed by atoms with Gasteiger partial charge in [-0.05, 0) is 43.4 Å². The van der Waals surface area contributed by atoms with Crippen LogP contribution < -0.4 is 10.2 Å². The van der Waals surface area contributed by atoms with E-state index >= 15 is 0 Å². The average Bonchev–Trinajstić information content (AvgIpc) is 3.14. The van der Waals surface area contributed by atoms with Crippen molar-refractivity contribution in [1.82, 2.24) is 10.2 Å². The molecular weight excluding hydrogens is 258 g/mol. The highest BCUT2D eigenvalue weighted by atomic mass is 15.3. The molecule has 0 aromatic heterocycles. The van der Waals surface area contributed by atoms with E-state index in [0.29, 0.717) is 0 Å². The van der Waals surface area contributed by atoms with Gasteiger partial charge in [0.2, 0.25) is 0 Å². The van der Waals surface area contributed by atoms with Gasteiger partial charge in [-0.3, -0.25) is 4.90 Å². The first-order chi connectivity index (χ1) is 10.4. The van der Waals surface area contributed by atoms with E-state index in [-0.39, 0.29) is 0 Å². The second kappa shape index (κ2) is 5.98. The van der Waals surface area contributed by atoms with Crippen molar-refractivity contribution in [3.8, 4) is 0 Å². The van der Waals surface area contributed by atoms with Gasteiger partial charge in [0, 0.05) is 44.5 Å². The Morgan fingerprint density at radius 2 is 1.81 bits per heavy atom. The lowest BCUT2D eigenvalue weighted by Gasteiger charge is -2.38. The van der Waals surface area contributed by atoms with Crippen LogP contribution in [0, 0.1) is 11.8 Å². The molecule has 0 radical (unpaired) electrons. The Morgan fingerprint density at radius 1 is 1.00 bits per heavy atom. The summed E-state index contributed by atoms with van der Waals surface area (Å²) in [5.41, 5.74) is 1.38. The van der Waals surface area contributed by atoms with Crippen LogP contribution in [-0.2, 0) is 0 Å². The van der Waals surface area contributed by atoms with Gasteiger partial charge in [0.25, 0.3) is 0 Å². The molecule has 1 aromatic carbocycles. The van der Waals surface area contributed by atoms with Gasteiger partial charge < -0.3 is 10.2 Å². The van der Waals surface area contributed by atoms with Gasteiger partial charge in [0.05, 0.1) is 0 Å². The van der Waals surface area contributed by atoms with Gasteiger partial charge in [-0.15, -0.1) is 0 Å². The molecule has 3 nitrogen and oxygen atoms in total. The maximum atomic E-state index is 3.79. The molecule has 0 spiro atoms. The molecule has 2 aliphatic heterocycles. The summed E-state index contributed by atoms with van der Waals surface area (Å²) in [5, 5.41) is 3.79. The first kappa shape index (κ1) is 13.6. The van der Waals surface area contributed by atoms with Gasteiger partial charge in [0.15, 0.2) is 0 Å². The maximum Gasteiger partial charge on any atom is 0.0367 e. The van der Waals surface area contributed by atoms with Gasteiger partial charge >= 0.3 is 0 Å². The molecule has 0 bridgehead atoms. The molecule has 3 aliphatic rings. The minimum absolute atomic E-state index is 0.765. The van der Waals surface area contributed by atoms with E-state index in [1.807, 2.05) is 0 Å². The summed E-state index contributed by atoms with van der Waals surface area (Å²) >= 11 is 0. The normalized spacial score (nSPS) is 33.3. The maximum absolute atomic E-state index is 3.79. The smallest absolute Gasteiger partial charge is 0.0367 e. The number of nitrogens with one attached hydrogen (secondary N) is 1. The number of nitrogens with zero attached hydrogens (tertiary/aromatic N) is 2. The van der Waals surface area contributed by atoms with Crippen molar-refractivity contribution < 1.29 is 0 Å². The van der Waals surface area contributed by atoms with Crippen LogP contribution in [0.1, 0.15) is 19.3 Å². The summed E-state index contributed by atoms with van der Waals surface area (Å²) < 4.78 is 0. The van der Waals surface area contributed by atoms with E-state index in [1.54, 1.807) is 0 Å². The van der Waals surface area contributed by atoms with E-state index < -0.39 is 0 Å². The van der Waals surface area contributed by atoms with E-state index in [1.165, 1.54) is 64.2 Å². The number of piperazine rings is 1. The second-order valence-corrected chi connectivity index (χ2v) is 6.99. The van der Waals surface area contributed by atoms with Crippen LogP contribution >= 0.6 is 0 Å². The second-order valence-electron chi connectivity index (χ2n) is 6.99. The molecule has 2 saturated heterocycles. The summed E-state index contributed by atoms with van der Waals surface area (Å²) in [6.45, 7) is 7.31. The Kier molecular flexibility index (Phi) is 3.87. The van der Waals surface area contributed by atoms with Crippen molar-refractivity contribution in [3.05, 3.63) is 30.3 Å². The predicted molar refractivity (Wildman–Crippen MR) is 87.7 cm³/mol. The van der Waals surface area contributed by atoms with Crippen LogP contribution in [-0.4, -0.2) is 50.2 Å². The third kappa shape index (κ3) is 2.82. The lowest BCUT2D eigenvalue weighted by atomic mass is 9.93. The topological polar surface area (TPSA) is 18.5 Å². The largest absolute Gasteiger partial charge is 0.369 e. The molecule has 21 heavy (non-hydrogen) atoms. The third-order valence-electron chi connectivity index (χ3n) is 5.83. The number of para-hydroxylation sites is 1. The van der Waals surface area contributed by atoms with Crippen molar-refractivity contribution >= 4 is 5.69 Å². The van der Waals surface area contributed by atoms with Crippen LogP contribution in [0.15, 0.2) is 30.3 Å². The fraction of sp³-hybridized carbons (Fsp3) is 0.667. The van der Waals surface area contributed by atoms with Crippen LogP contribution in [0.5, 0.6) is 0 Å². The van der Waals surface area contributed by atoms with Crippen LogP contribution in [0.2, 0.25) is 0 Å². The highest BCUT2D eigenvalue weighted by Crippen LogP contribution is 2.37. The molecule has 4 rings (SSSR count). The Balaban J connectivity index is 1.30. The first-order valence-electron chi connectivity index (χ1n) is 8.66. The Bertz CT molecular complexity index is 453. The van der Waals surface area contributed by atoms with Crippen molar-refractivity contribution in [1.29, 1.82) is 0 Å². The highest BCUT2D eigenvalue weighted by Gasteiger charge is 2.39. The van der Waals surface area contributed by atoms with Crippen molar-refractivity contribution in [3.63, 3.8) is 0 Å². The first-order valence-corrected chi connectivity index (χ1v) is 8.66. The van der Waals surface area contributed by atoms with E-state index in [4.69, 9.17) is 0 Å². The van der Waals surface area contributed by atoms with Crippen LogP contribution in [0.3, 0.4) is 0 Å². The lowest BCUT2D eigenvalue weighted by Crippen LogP contribution is -2.50. The molecule has 2 heterocycles. The molecular formula is C18H27N3. The molecule has 3 unspecified atom stereocenters. The van der Waals surface area contributed by atoms with E-state index in [0.717, 1.165) is 17.9 Å². The summed E-state index contributed by atoms with van der Waals surface area (Å²) in [7, 11) is 0. The van der Waals surface area contributed by atoms with Crippen molar-refractivity contribution in [2.24, 2.45) is 11.8 Å². The summed E-state index contributed by atoms with van der Waals surface area (Å²) in [5.74, 6) is 1.96. The molecule has 1 N–H and O–H groups in total. The molecule has 1 aliphatic carbocycles. The zero-order valence-corrected chi connectivity index (χ0v) is 12.9. The fourth-order valence-corrected chi connectivity index (χ4v) is 4.61. The lowest BCUT2D eigenvalue weighted by molar-refractivity contribution is 0.215. The summed E-state index contributed by atoms with van der Waals surface area (Å²) in [6.07, 6.45) is 4.40. The van der Waals surface area contributed by atoms with Crippen LogP contribution in [0.4, 0.5) is 5.69 Å². The summed E-state index contributed by atoms with van der Waals surface area (Å²) in [4.78, 5) is 5.20. The number of anilines is 1. The minimum atomic E-state index is 0.765. The molecule has 1 aromatic rings. The third-order valence-corrected chi connectivity index (χ3v) is 5.83. The zero-order chi connectivity index (χ0) is 14.1. The SMILES string of the molecule is c1ccc(N2CCN(CC3NCC4CCCC43)CC2)cc1. The van der Waals surface area contributed by atoms with Crippen molar-refractivity contribution in [2.75, 3.05) is 44.2 Å². The zero-order valence-electron chi connectivity index (χ0n) is 12.9. The molecule has 0 amide bonds. The number of benzene rings is 1. The van der Waals surface area contributed by atoms with E-state index in [2.05, 4.69) is 45.4 Å². The number of rotatable bonds is 3. The number of fused-ring (bicyclic) bond motifs is 1. The van der Waals surface area contributed by atoms with Gasteiger partial charge in [-0.25, -0.2) is 0 Å². The van der Waals surface area contributed by atoms with E-state index in [9.17, 15) is 0 Å². The minimum Gasteiger partial charge on any atom is -0.369 e. The molecule has 114 valence electrons. The monoisotopic (exact) mass is 285 g/mol. The molecule has 1 saturated carbocycles.